The molecule has 4 nitrogen and oxygen atoms in total. The van der Waals surface area contributed by atoms with Gasteiger partial charge in [-0.3, -0.25) is 0 Å². The topological polar surface area (TPSA) is 54.0 Å². The number of fused-ring (bicyclic) bond motifs is 8. The average Bonchev–Trinajstić information content (AvgIpc) is 4.02. The molecule has 4 aromatic carbocycles. The third kappa shape index (κ3) is 6.10. The van der Waals surface area contributed by atoms with Gasteiger partial charge >= 0.3 is 34.5 Å². The number of halogens is 1. The molecule has 0 spiro atoms. The van der Waals surface area contributed by atoms with Gasteiger partial charge in [-0.25, -0.2) is 9.97 Å². The van der Waals surface area contributed by atoms with E-state index in [0.29, 0.717) is 0 Å². The second-order valence-electron chi connectivity index (χ2n) is 11.8. The summed E-state index contributed by atoms with van der Waals surface area (Å²) in [5.74, 6) is 0. The van der Waals surface area contributed by atoms with Crippen molar-refractivity contribution in [2.45, 2.75) is 0 Å². The molecule has 0 saturated heterocycles. The molecule has 50 heavy (non-hydrogen) atoms. The summed E-state index contributed by atoms with van der Waals surface area (Å²) in [5, 5.41) is 0. The fourth-order valence-electron chi connectivity index (χ4n) is 6.69. The van der Waals surface area contributed by atoms with E-state index in [1.807, 2.05) is 44.0 Å². The van der Waals surface area contributed by atoms with Gasteiger partial charge in [-0.15, -0.1) is 22.1 Å². The zero-order valence-electron chi connectivity index (χ0n) is 26.7. The van der Waals surface area contributed by atoms with E-state index in [0.717, 1.165) is 89.4 Å². The van der Waals surface area contributed by atoms with Gasteiger partial charge in [0, 0.05) is 0 Å². The summed E-state index contributed by atoms with van der Waals surface area (Å²) in [6, 6.07) is 50.0. The Labute approximate surface area is 311 Å². The molecule has 6 heteroatoms. The third-order valence-electron chi connectivity index (χ3n) is 8.86. The summed E-state index contributed by atoms with van der Waals surface area (Å²) < 4.78 is 0. The normalized spacial score (nSPS) is 11.6. The molecular formula is C44H28IN4Rh. The van der Waals surface area contributed by atoms with Crippen LogP contribution >= 0.6 is 19.8 Å². The van der Waals surface area contributed by atoms with Crippen molar-refractivity contribution >= 4 is 66.1 Å². The van der Waals surface area contributed by atoms with Crippen molar-refractivity contribution in [2.24, 2.45) is 0 Å². The Kier molecular flexibility index (Phi) is 9.21. The maximum absolute atomic E-state index is 5.31. The first-order chi connectivity index (χ1) is 24.8. The molecule has 7 aromatic rings. The molecular weight excluding hydrogens is 814 g/mol. The van der Waals surface area contributed by atoms with E-state index in [1.54, 1.807) is 0 Å². The van der Waals surface area contributed by atoms with Crippen molar-refractivity contribution in [1.82, 2.24) is 19.9 Å². The standard InChI is InChI=1S/C44H28N4.HI.Rh/c1-5-13-29(14-6-1)41-33-21-23-35(45-33)42(30-15-7-2-8-16-30)37-25-27-39(47-37)44(32-19-11-4-12-20-32)40-28-26-38(48-40)43(31-17-9-3-10-18-31)36-24-22-34(41)46-36;;/h1-28H;1H;/q-2;;+3/p-1. The number of hydrogen-bond acceptors (Lipinski definition) is 2. The molecule has 2 aliphatic heterocycles. The molecule has 0 radical (unpaired) electrons. The maximum atomic E-state index is 5.31. The Bertz CT molecular complexity index is 2190. The van der Waals surface area contributed by atoms with E-state index in [4.69, 9.17) is 19.9 Å². The molecule has 0 saturated carbocycles. The number of rotatable bonds is 4. The fourth-order valence-corrected chi connectivity index (χ4v) is 6.69. The van der Waals surface area contributed by atoms with E-state index in [9.17, 15) is 0 Å². The quantitative estimate of drug-likeness (QED) is 0.131. The number of nitrogens with zero attached hydrogens (tertiary/aromatic N) is 4. The van der Waals surface area contributed by atoms with Gasteiger partial charge in [-0.1, -0.05) is 146 Å². The van der Waals surface area contributed by atoms with Crippen molar-refractivity contribution in [1.29, 1.82) is 0 Å². The zero-order chi connectivity index (χ0) is 33.9. The van der Waals surface area contributed by atoms with E-state index in [1.165, 1.54) is 0 Å². The average molecular weight is 843 g/mol. The summed E-state index contributed by atoms with van der Waals surface area (Å²) in [6.07, 6.45) is 8.41. The van der Waals surface area contributed by atoms with Crippen LogP contribution in [0.3, 0.4) is 0 Å². The van der Waals surface area contributed by atoms with Crippen LogP contribution in [0.25, 0.3) is 90.9 Å². The molecule has 9 rings (SSSR count). The van der Waals surface area contributed by atoms with Crippen LogP contribution in [0.15, 0.2) is 146 Å². The summed E-state index contributed by atoms with van der Waals surface area (Å²) in [6.45, 7) is 0. The molecule has 0 N–H and O–H groups in total. The second-order valence-corrected chi connectivity index (χ2v) is 11.8. The number of hydrogen-bond donors (Lipinski definition) is 0. The van der Waals surface area contributed by atoms with Crippen LogP contribution in [0, 0.1) is 0 Å². The molecule has 5 heterocycles. The van der Waals surface area contributed by atoms with Crippen LogP contribution in [-0.2, 0) is 14.8 Å². The van der Waals surface area contributed by atoms with E-state index >= 15 is 0 Å². The Morgan fingerprint density at radius 2 is 0.540 bits per heavy atom. The molecule has 3 aromatic heterocycles. The van der Waals surface area contributed by atoms with Crippen molar-refractivity contribution in [3.63, 3.8) is 0 Å². The monoisotopic (exact) mass is 842 g/mol. The summed E-state index contributed by atoms with van der Waals surface area (Å²) in [4.78, 5) is 21.2. The van der Waals surface area contributed by atoms with Crippen molar-refractivity contribution in [3.05, 3.63) is 168 Å². The number of aromatic nitrogens is 4. The Morgan fingerprint density at radius 1 is 0.320 bits per heavy atom. The van der Waals surface area contributed by atoms with Gasteiger partial charge in [0.15, 0.2) is 0 Å². The molecule has 8 bridgehead atoms. The van der Waals surface area contributed by atoms with Crippen molar-refractivity contribution in [2.75, 3.05) is 0 Å². The molecule has 240 valence electrons. The third-order valence-corrected chi connectivity index (χ3v) is 8.86. The Morgan fingerprint density at radius 3 is 0.760 bits per heavy atom. The van der Waals surface area contributed by atoms with Crippen LogP contribution in [0.1, 0.15) is 22.8 Å². The van der Waals surface area contributed by atoms with Crippen LogP contribution in [0.4, 0.5) is 0 Å². The Balaban J connectivity index is 0.00000177. The predicted octanol–water partition coefficient (Wildman–Crippen LogP) is 11.5. The summed E-state index contributed by atoms with van der Waals surface area (Å²) >= 11 is 4.56. The number of benzene rings is 4. The summed E-state index contributed by atoms with van der Waals surface area (Å²) in [7, 11) is 0. The zero-order valence-corrected chi connectivity index (χ0v) is 30.5. The van der Waals surface area contributed by atoms with Gasteiger partial charge in [0.2, 0.25) is 0 Å². The first-order valence-corrected chi connectivity index (χ1v) is 21.1. The van der Waals surface area contributed by atoms with Crippen LogP contribution in [0.2, 0.25) is 0 Å². The SMILES string of the molecule is C1=Cc2nc1c(-c1ccccc1)c1ccc([n-]1)c(-c1ccccc1)c1nc(c(-c3ccccc3)c3ccc([n-]3)c2-c2ccccc2)C=C1.[Rh+2][I]. The molecule has 0 amide bonds. The van der Waals surface area contributed by atoms with Gasteiger partial charge < -0.3 is 9.97 Å². The van der Waals surface area contributed by atoms with Gasteiger partial charge in [0.1, 0.15) is 0 Å². The van der Waals surface area contributed by atoms with Crippen molar-refractivity contribution in [3.8, 4) is 44.5 Å². The van der Waals surface area contributed by atoms with Gasteiger partial charge in [-0.05, 0) is 68.8 Å². The van der Waals surface area contributed by atoms with Crippen LogP contribution in [-0.4, -0.2) is 9.97 Å². The predicted molar refractivity (Wildman–Crippen MR) is 213 cm³/mol. The first-order valence-electron chi connectivity index (χ1n) is 16.2. The minimum absolute atomic E-state index is 0.861. The molecule has 0 atom stereocenters. The van der Waals surface area contributed by atoms with Gasteiger partial charge in [0.25, 0.3) is 0 Å². The van der Waals surface area contributed by atoms with Crippen LogP contribution < -0.4 is 9.97 Å². The fraction of sp³-hybridized carbons (Fsp3) is 0. The molecule has 2 aliphatic rings. The van der Waals surface area contributed by atoms with E-state index in [-0.39, 0.29) is 0 Å². The van der Waals surface area contributed by atoms with E-state index < -0.39 is 0 Å². The Hall–Kier alpha value is -5.17. The van der Waals surface area contributed by atoms with E-state index in [2.05, 4.69) is 160 Å². The van der Waals surface area contributed by atoms with Gasteiger partial charge in [0.05, 0.1) is 22.8 Å². The summed E-state index contributed by atoms with van der Waals surface area (Å²) in [5.41, 5.74) is 15.0. The molecule has 0 aliphatic carbocycles. The minimum atomic E-state index is 0.861. The first kappa shape index (κ1) is 32.1. The van der Waals surface area contributed by atoms with Crippen LogP contribution in [0.5, 0.6) is 0 Å². The van der Waals surface area contributed by atoms with Gasteiger partial charge in [-0.2, -0.15) is 0 Å². The second kappa shape index (κ2) is 14.4. The van der Waals surface area contributed by atoms with Crippen molar-refractivity contribution < 1.29 is 14.8 Å². The molecule has 0 unspecified atom stereocenters. The molecule has 0 fully saturated rings.